The molecule has 0 fully saturated rings. The van der Waals surface area contributed by atoms with E-state index in [0.717, 1.165) is 11.1 Å². The summed E-state index contributed by atoms with van der Waals surface area (Å²) in [7, 11) is 0. The van der Waals surface area contributed by atoms with Gasteiger partial charge in [0.25, 0.3) is 0 Å². The van der Waals surface area contributed by atoms with Crippen LogP contribution in [0.2, 0.25) is 0 Å². The van der Waals surface area contributed by atoms with Crippen molar-refractivity contribution in [3.63, 3.8) is 0 Å². The summed E-state index contributed by atoms with van der Waals surface area (Å²) in [5.74, 6) is 0. The maximum Gasteiger partial charge on any atom is 0.410 e. The van der Waals surface area contributed by atoms with Gasteiger partial charge in [0.2, 0.25) is 0 Å². The quantitative estimate of drug-likeness (QED) is 0.909. The van der Waals surface area contributed by atoms with Crippen LogP contribution in [0.1, 0.15) is 56.5 Å². The molecule has 1 heterocycles. The third-order valence-electron chi connectivity index (χ3n) is 3.90. The van der Waals surface area contributed by atoms with Crippen LogP contribution in [0.25, 0.3) is 0 Å². The molecule has 0 spiro atoms. The molecule has 4 nitrogen and oxygen atoms in total. The highest BCUT2D eigenvalue weighted by Gasteiger charge is 2.32. The van der Waals surface area contributed by atoms with E-state index in [0.29, 0.717) is 18.5 Å². The predicted molar refractivity (Wildman–Crippen MR) is 82.4 cm³/mol. The highest BCUT2D eigenvalue weighted by atomic mass is 19.1. The van der Waals surface area contributed by atoms with Crippen LogP contribution in [0.4, 0.5) is 9.18 Å². The van der Waals surface area contributed by atoms with Gasteiger partial charge in [-0.3, -0.25) is 0 Å². The number of halogens is 1. The van der Waals surface area contributed by atoms with Crippen LogP contribution in [0, 0.1) is 0 Å². The lowest BCUT2D eigenvalue weighted by Gasteiger charge is -2.37. The molecule has 122 valence electrons. The molecule has 0 bridgehead atoms. The van der Waals surface area contributed by atoms with Crippen LogP contribution in [-0.2, 0) is 11.2 Å². The largest absolute Gasteiger partial charge is 0.444 e. The maximum absolute atomic E-state index is 12.8. The molecule has 1 aromatic rings. The summed E-state index contributed by atoms with van der Waals surface area (Å²) in [6, 6.07) is 5.30. The molecule has 0 saturated heterocycles. The minimum absolute atomic E-state index is 0.162. The summed E-state index contributed by atoms with van der Waals surface area (Å²) < 4.78 is 18.2. The maximum atomic E-state index is 12.8. The molecular weight excluding hydrogens is 285 g/mol. The van der Waals surface area contributed by atoms with Crippen molar-refractivity contribution in [3.05, 3.63) is 34.9 Å². The van der Waals surface area contributed by atoms with Gasteiger partial charge in [-0.1, -0.05) is 18.2 Å². The van der Waals surface area contributed by atoms with Crippen molar-refractivity contribution in [1.29, 1.82) is 0 Å². The summed E-state index contributed by atoms with van der Waals surface area (Å²) in [6.07, 6.45) is -0.857. The molecule has 2 rings (SSSR count). The molecule has 0 saturated carbocycles. The molecule has 22 heavy (non-hydrogen) atoms. The summed E-state index contributed by atoms with van der Waals surface area (Å²) in [5, 5.41) is 9.82. The fraction of sp³-hybridized carbons (Fsp3) is 0.588. The van der Waals surface area contributed by atoms with Crippen molar-refractivity contribution in [2.75, 3.05) is 13.2 Å². The van der Waals surface area contributed by atoms with Gasteiger partial charge < -0.3 is 14.7 Å². The van der Waals surface area contributed by atoms with Crippen molar-refractivity contribution < 1.29 is 19.0 Å². The Morgan fingerprint density at radius 2 is 2.18 bits per heavy atom. The van der Waals surface area contributed by atoms with Gasteiger partial charge in [-0.15, -0.1) is 0 Å². The minimum Gasteiger partial charge on any atom is -0.444 e. The Morgan fingerprint density at radius 1 is 1.50 bits per heavy atom. The Balaban J connectivity index is 2.27. The third-order valence-corrected chi connectivity index (χ3v) is 3.90. The number of aliphatic hydroxyl groups is 1. The molecule has 1 aromatic carbocycles. The number of aliphatic hydroxyl groups excluding tert-OH is 1. The highest BCUT2D eigenvalue weighted by molar-refractivity contribution is 5.69. The molecule has 0 aromatic heterocycles. The van der Waals surface area contributed by atoms with Crippen molar-refractivity contribution in [1.82, 2.24) is 4.90 Å². The molecule has 1 unspecified atom stereocenters. The second-order valence-electron chi connectivity index (χ2n) is 6.68. The fourth-order valence-corrected chi connectivity index (χ4v) is 2.86. The van der Waals surface area contributed by atoms with E-state index >= 15 is 0 Å². The SMILES string of the molecule is C[C@H]1c2cccc(C(O)CF)c2CCN1C(=O)OC(C)(C)C. The van der Waals surface area contributed by atoms with Crippen LogP contribution in [-0.4, -0.2) is 34.9 Å². The molecule has 0 aliphatic carbocycles. The number of carbonyl (C=O) groups is 1. The average Bonchev–Trinajstić information content (AvgIpc) is 2.44. The fourth-order valence-electron chi connectivity index (χ4n) is 2.86. The van der Waals surface area contributed by atoms with Gasteiger partial charge in [0.05, 0.1) is 6.04 Å². The number of ether oxygens (including phenoxy) is 1. The first-order valence-corrected chi connectivity index (χ1v) is 7.60. The van der Waals surface area contributed by atoms with E-state index in [1.165, 1.54) is 0 Å². The number of hydrogen-bond acceptors (Lipinski definition) is 3. The first-order valence-electron chi connectivity index (χ1n) is 7.60. The molecule has 1 N–H and O–H groups in total. The van der Waals surface area contributed by atoms with Crippen LogP contribution in [0.3, 0.4) is 0 Å². The standard InChI is InChI=1S/C17H24FNO3/c1-11-12-6-5-7-14(15(20)10-18)13(12)8-9-19(11)16(21)22-17(2,3)4/h5-7,11,15,20H,8-10H2,1-4H3/t11-,15?/m0/s1. The zero-order valence-corrected chi connectivity index (χ0v) is 13.6. The molecule has 2 atom stereocenters. The summed E-state index contributed by atoms with van der Waals surface area (Å²) in [6.45, 7) is 7.13. The van der Waals surface area contributed by atoms with Gasteiger partial charge in [0.1, 0.15) is 18.4 Å². The smallest absolute Gasteiger partial charge is 0.410 e. The van der Waals surface area contributed by atoms with Crippen molar-refractivity contribution in [2.24, 2.45) is 0 Å². The monoisotopic (exact) mass is 309 g/mol. The number of fused-ring (bicyclic) bond motifs is 1. The molecular formula is C17H24FNO3. The number of amides is 1. The molecule has 5 heteroatoms. The van der Waals surface area contributed by atoms with E-state index in [1.807, 2.05) is 33.8 Å². The third kappa shape index (κ3) is 3.40. The van der Waals surface area contributed by atoms with E-state index in [9.17, 15) is 14.3 Å². The number of benzene rings is 1. The molecule has 1 amide bonds. The van der Waals surface area contributed by atoms with E-state index in [4.69, 9.17) is 4.74 Å². The second-order valence-corrected chi connectivity index (χ2v) is 6.68. The Morgan fingerprint density at radius 3 is 2.77 bits per heavy atom. The predicted octanol–water partition coefficient (Wildman–Crippen LogP) is 3.54. The van der Waals surface area contributed by atoms with E-state index in [1.54, 1.807) is 17.0 Å². The molecule has 1 aliphatic heterocycles. The normalized spacial score (nSPS) is 19.5. The number of hydrogen-bond donors (Lipinski definition) is 1. The molecule has 0 radical (unpaired) electrons. The minimum atomic E-state index is -1.10. The van der Waals surface area contributed by atoms with Crippen LogP contribution in [0.5, 0.6) is 0 Å². The number of rotatable bonds is 2. The van der Waals surface area contributed by atoms with Gasteiger partial charge in [0, 0.05) is 6.54 Å². The summed E-state index contributed by atoms with van der Waals surface area (Å²) in [4.78, 5) is 14.0. The first kappa shape index (κ1) is 16.7. The lowest BCUT2D eigenvalue weighted by molar-refractivity contribution is 0.0158. The van der Waals surface area contributed by atoms with Crippen molar-refractivity contribution in [3.8, 4) is 0 Å². The van der Waals surface area contributed by atoms with Crippen molar-refractivity contribution in [2.45, 2.75) is 51.9 Å². The number of alkyl halides is 1. The summed E-state index contributed by atoms with van der Waals surface area (Å²) in [5.41, 5.74) is 1.97. The van der Waals surface area contributed by atoms with E-state index in [-0.39, 0.29) is 12.1 Å². The van der Waals surface area contributed by atoms with Gasteiger partial charge in [0.15, 0.2) is 0 Å². The van der Waals surface area contributed by atoms with Crippen LogP contribution < -0.4 is 0 Å². The Hall–Kier alpha value is -1.62. The number of carbonyl (C=O) groups excluding carboxylic acids is 1. The van der Waals surface area contributed by atoms with Gasteiger partial charge in [-0.2, -0.15) is 0 Å². The highest BCUT2D eigenvalue weighted by Crippen LogP contribution is 2.34. The average molecular weight is 309 g/mol. The van der Waals surface area contributed by atoms with E-state index in [2.05, 4.69) is 0 Å². The van der Waals surface area contributed by atoms with Crippen molar-refractivity contribution >= 4 is 6.09 Å². The Labute approximate surface area is 130 Å². The Bertz CT molecular complexity index is 553. The zero-order valence-electron chi connectivity index (χ0n) is 13.6. The van der Waals surface area contributed by atoms with Crippen LogP contribution in [0.15, 0.2) is 18.2 Å². The lowest BCUT2D eigenvalue weighted by atomic mass is 9.88. The van der Waals surface area contributed by atoms with Gasteiger partial charge in [-0.05, 0) is 50.8 Å². The van der Waals surface area contributed by atoms with Gasteiger partial charge in [-0.25, -0.2) is 9.18 Å². The second kappa shape index (κ2) is 6.24. The lowest BCUT2D eigenvalue weighted by Crippen LogP contribution is -2.42. The molecule has 1 aliphatic rings. The first-order chi connectivity index (χ1) is 10.2. The van der Waals surface area contributed by atoms with Gasteiger partial charge >= 0.3 is 6.09 Å². The summed E-state index contributed by atoms with van der Waals surface area (Å²) >= 11 is 0. The zero-order chi connectivity index (χ0) is 16.5. The van der Waals surface area contributed by atoms with E-state index < -0.39 is 18.4 Å². The van der Waals surface area contributed by atoms with Crippen LogP contribution >= 0.6 is 0 Å². The topological polar surface area (TPSA) is 49.8 Å². The number of nitrogens with zero attached hydrogens (tertiary/aromatic N) is 1. The Kier molecular flexibility index (Phi) is 4.75.